The Bertz CT molecular complexity index is 445. The van der Waals surface area contributed by atoms with E-state index in [4.69, 9.17) is 5.73 Å². The number of carbonyl (C=O) groups excluding carboxylic acids is 1. The maximum atomic E-state index is 11.4. The molecule has 4 nitrogen and oxygen atoms in total. The molecule has 1 unspecified atom stereocenters. The van der Waals surface area contributed by atoms with E-state index in [2.05, 4.69) is 0 Å². The van der Waals surface area contributed by atoms with Gasteiger partial charge in [0.15, 0.2) is 0 Å². The molecule has 0 spiro atoms. The third kappa shape index (κ3) is 2.54. The van der Waals surface area contributed by atoms with E-state index < -0.39 is 6.10 Å². The summed E-state index contributed by atoms with van der Waals surface area (Å²) in [5.41, 5.74) is 8.50. The normalized spacial score (nSPS) is 15.6. The molecular weight excluding hydrogens is 228 g/mol. The van der Waals surface area contributed by atoms with Gasteiger partial charge in [0.25, 0.3) is 0 Å². The van der Waals surface area contributed by atoms with Crippen molar-refractivity contribution in [2.75, 3.05) is 18.0 Å². The van der Waals surface area contributed by atoms with E-state index in [1.165, 1.54) is 0 Å². The monoisotopic (exact) mass is 248 g/mol. The Morgan fingerprint density at radius 2 is 2.33 bits per heavy atom. The van der Waals surface area contributed by atoms with Gasteiger partial charge in [-0.25, -0.2) is 0 Å². The maximum absolute atomic E-state index is 11.4. The van der Waals surface area contributed by atoms with Crippen molar-refractivity contribution in [3.8, 4) is 0 Å². The van der Waals surface area contributed by atoms with E-state index in [-0.39, 0.29) is 5.91 Å². The quantitative estimate of drug-likeness (QED) is 0.845. The zero-order valence-electron chi connectivity index (χ0n) is 10.7. The average Bonchev–Trinajstić information content (AvgIpc) is 2.78. The molecule has 1 amide bonds. The molecule has 4 heteroatoms. The fourth-order valence-corrected chi connectivity index (χ4v) is 2.43. The highest BCUT2D eigenvalue weighted by Gasteiger charge is 2.22. The third-order valence-corrected chi connectivity index (χ3v) is 3.45. The van der Waals surface area contributed by atoms with Crippen molar-refractivity contribution in [2.24, 2.45) is 5.73 Å². The fourth-order valence-electron chi connectivity index (χ4n) is 2.43. The van der Waals surface area contributed by atoms with Crippen LogP contribution >= 0.6 is 0 Å². The SMILES string of the molecule is CC(=O)N1CCc2cc(C(O)CCCN)ccc21. The van der Waals surface area contributed by atoms with Gasteiger partial charge in [-0.15, -0.1) is 0 Å². The summed E-state index contributed by atoms with van der Waals surface area (Å²) in [6, 6.07) is 5.85. The average molecular weight is 248 g/mol. The number of carbonyl (C=O) groups is 1. The van der Waals surface area contributed by atoms with Crippen LogP contribution in [0, 0.1) is 0 Å². The number of amides is 1. The van der Waals surface area contributed by atoms with Crippen LogP contribution in [0.25, 0.3) is 0 Å². The lowest BCUT2D eigenvalue weighted by molar-refractivity contribution is -0.116. The Kier molecular flexibility index (Phi) is 3.99. The number of fused-ring (bicyclic) bond motifs is 1. The Balaban J connectivity index is 2.16. The molecule has 0 radical (unpaired) electrons. The predicted molar refractivity (Wildman–Crippen MR) is 71.4 cm³/mol. The molecule has 1 aromatic rings. The van der Waals surface area contributed by atoms with Gasteiger partial charge in [-0.3, -0.25) is 4.79 Å². The van der Waals surface area contributed by atoms with E-state index >= 15 is 0 Å². The molecule has 3 N–H and O–H groups in total. The summed E-state index contributed by atoms with van der Waals surface area (Å²) in [7, 11) is 0. The molecule has 1 heterocycles. The molecule has 2 rings (SSSR count). The van der Waals surface area contributed by atoms with Crippen LogP contribution in [0.5, 0.6) is 0 Å². The summed E-state index contributed by atoms with van der Waals surface area (Å²) >= 11 is 0. The summed E-state index contributed by atoms with van der Waals surface area (Å²) in [6.45, 7) is 2.92. The predicted octanol–water partition coefficient (Wildman–Crippen LogP) is 1.37. The zero-order valence-corrected chi connectivity index (χ0v) is 10.7. The number of nitrogens with two attached hydrogens (primary N) is 1. The van der Waals surface area contributed by atoms with Crippen molar-refractivity contribution in [3.05, 3.63) is 29.3 Å². The first-order valence-corrected chi connectivity index (χ1v) is 6.42. The van der Waals surface area contributed by atoms with Crippen molar-refractivity contribution in [2.45, 2.75) is 32.3 Å². The minimum atomic E-state index is -0.453. The molecule has 1 aliphatic rings. The van der Waals surface area contributed by atoms with E-state index in [1.54, 1.807) is 11.8 Å². The molecule has 0 saturated heterocycles. The lowest BCUT2D eigenvalue weighted by atomic mass is 10.0. The molecule has 18 heavy (non-hydrogen) atoms. The lowest BCUT2D eigenvalue weighted by Crippen LogP contribution is -2.25. The summed E-state index contributed by atoms with van der Waals surface area (Å²) in [5.74, 6) is 0.0742. The van der Waals surface area contributed by atoms with Crippen LogP contribution in [0.15, 0.2) is 18.2 Å². The van der Waals surface area contributed by atoms with Crippen molar-refractivity contribution in [3.63, 3.8) is 0 Å². The second kappa shape index (κ2) is 5.50. The molecular formula is C14H20N2O2. The second-order valence-corrected chi connectivity index (χ2v) is 4.76. The summed E-state index contributed by atoms with van der Waals surface area (Å²) in [6.07, 6.45) is 1.92. The number of anilines is 1. The van der Waals surface area contributed by atoms with Gasteiger partial charge in [0, 0.05) is 19.2 Å². The fraction of sp³-hybridized carbons (Fsp3) is 0.500. The van der Waals surface area contributed by atoms with Crippen LogP contribution < -0.4 is 10.6 Å². The van der Waals surface area contributed by atoms with Crippen LogP contribution in [-0.4, -0.2) is 24.1 Å². The van der Waals surface area contributed by atoms with Crippen LogP contribution in [0.2, 0.25) is 0 Å². The van der Waals surface area contributed by atoms with Crippen molar-refractivity contribution < 1.29 is 9.90 Å². The molecule has 0 saturated carbocycles. The Morgan fingerprint density at radius 1 is 1.56 bits per heavy atom. The molecule has 98 valence electrons. The topological polar surface area (TPSA) is 66.6 Å². The van der Waals surface area contributed by atoms with E-state index in [1.807, 2.05) is 18.2 Å². The Morgan fingerprint density at radius 3 is 3.00 bits per heavy atom. The minimum absolute atomic E-state index is 0.0742. The van der Waals surface area contributed by atoms with Gasteiger partial charge >= 0.3 is 0 Å². The molecule has 1 aromatic carbocycles. The number of nitrogens with zero attached hydrogens (tertiary/aromatic N) is 1. The van der Waals surface area contributed by atoms with Gasteiger partial charge in [0.2, 0.25) is 5.91 Å². The molecule has 0 aliphatic carbocycles. The minimum Gasteiger partial charge on any atom is -0.388 e. The van der Waals surface area contributed by atoms with E-state index in [0.29, 0.717) is 13.0 Å². The van der Waals surface area contributed by atoms with Crippen LogP contribution in [0.1, 0.15) is 37.0 Å². The standard InChI is InChI=1S/C14H20N2O2/c1-10(17)16-8-6-11-9-12(4-5-13(11)16)14(18)3-2-7-15/h4-5,9,14,18H,2-3,6-8,15H2,1H3. The first kappa shape index (κ1) is 13.1. The van der Waals surface area contributed by atoms with Gasteiger partial charge in [-0.1, -0.05) is 12.1 Å². The van der Waals surface area contributed by atoms with Gasteiger partial charge in [0.05, 0.1) is 6.10 Å². The highest BCUT2D eigenvalue weighted by molar-refractivity contribution is 5.93. The lowest BCUT2D eigenvalue weighted by Gasteiger charge is -2.16. The summed E-state index contributed by atoms with van der Waals surface area (Å²) in [4.78, 5) is 13.2. The molecule has 0 bridgehead atoms. The number of benzene rings is 1. The smallest absolute Gasteiger partial charge is 0.223 e. The van der Waals surface area contributed by atoms with E-state index in [0.717, 1.165) is 36.2 Å². The van der Waals surface area contributed by atoms with Crippen molar-refractivity contribution >= 4 is 11.6 Å². The van der Waals surface area contributed by atoms with Gasteiger partial charge in [0.1, 0.15) is 0 Å². The van der Waals surface area contributed by atoms with Crippen molar-refractivity contribution in [1.82, 2.24) is 0 Å². The highest BCUT2D eigenvalue weighted by Crippen LogP contribution is 2.31. The Hall–Kier alpha value is -1.39. The number of aliphatic hydroxyl groups excluding tert-OH is 1. The number of hydrogen-bond acceptors (Lipinski definition) is 3. The summed E-state index contributed by atoms with van der Waals surface area (Å²) < 4.78 is 0. The number of hydrogen-bond donors (Lipinski definition) is 2. The maximum Gasteiger partial charge on any atom is 0.223 e. The van der Waals surface area contributed by atoms with Crippen molar-refractivity contribution in [1.29, 1.82) is 0 Å². The van der Waals surface area contributed by atoms with Gasteiger partial charge in [-0.2, -0.15) is 0 Å². The molecule has 1 atom stereocenters. The number of aliphatic hydroxyl groups is 1. The molecule has 1 aliphatic heterocycles. The highest BCUT2D eigenvalue weighted by atomic mass is 16.3. The zero-order chi connectivity index (χ0) is 13.1. The van der Waals surface area contributed by atoms with Crippen LogP contribution in [-0.2, 0) is 11.2 Å². The number of rotatable bonds is 4. The second-order valence-electron chi connectivity index (χ2n) is 4.76. The summed E-state index contributed by atoms with van der Waals surface area (Å²) in [5, 5.41) is 10.0. The molecule has 0 fully saturated rings. The first-order valence-electron chi connectivity index (χ1n) is 6.42. The van der Waals surface area contributed by atoms with E-state index in [9.17, 15) is 9.90 Å². The van der Waals surface area contributed by atoms with Gasteiger partial charge in [-0.05, 0) is 43.0 Å². The first-order chi connectivity index (χ1) is 8.63. The van der Waals surface area contributed by atoms with Crippen LogP contribution in [0.4, 0.5) is 5.69 Å². The Labute approximate surface area is 107 Å². The van der Waals surface area contributed by atoms with Crippen LogP contribution in [0.3, 0.4) is 0 Å². The van der Waals surface area contributed by atoms with Gasteiger partial charge < -0.3 is 15.7 Å². The largest absolute Gasteiger partial charge is 0.388 e. The molecule has 0 aromatic heterocycles. The third-order valence-electron chi connectivity index (χ3n) is 3.45.